The Hall–Kier alpha value is -1.97. The summed E-state index contributed by atoms with van der Waals surface area (Å²) in [4.78, 5) is 30.8. The van der Waals surface area contributed by atoms with Crippen molar-refractivity contribution in [2.24, 2.45) is 0 Å². The smallest absolute Gasteiger partial charge is 0.326 e. The van der Waals surface area contributed by atoms with Crippen molar-refractivity contribution in [1.29, 1.82) is 0 Å². The highest BCUT2D eigenvalue weighted by Gasteiger charge is 2.59. The molecule has 2 unspecified atom stereocenters. The summed E-state index contributed by atoms with van der Waals surface area (Å²) in [5.41, 5.74) is -0.0187. The van der Waals surface area contributed by atoms with Crippen molar-refractivity contribution in [2.75, 3.05) is 6.54 Å². The molecule has 29 heavy (non-hydrogen) atoms. The third-order valence-electron chi connectivity index (χ3n) is 5.58. The minimum absolute atomic E-state index is 0.0400. The number of carboxylic acids is 1. The first-order chi connectivity index (χ1) is 13.7. The van der Waals surface area contributed by atoms with E-state index in [1.54, 1.807) is 12.1 Å². The molecule has 0 radical (unpaired) electrons. The third-order valence-corrected chi connectivity index (χ3v) is 9.37. The molecular weight excluding hydrogens is 436 g/mol. The summed E-state index contributed by atoms with van der Waals surface area (Å²) in [7, 11) is -3.89. The second-order valence-electron chi connectivity index (χ2n) is 7.52. The summed E-state index contributed by atoms with van der Waals surface area (Å²) in [5.74, 6) is -1.56. The number of halogens is 1. The molecule has 1 aliphatic heterocycles. The van der Waals surface area contributed by atoms with E-state index in [1.165, 1.54) is 28.4 Å². The summed E-state index contributed by atoms with van der Waals surface area (Å²) in [5, 5.41) is 11.3. The Labute approximate surface area is 177 Å². The fraction of sp³-hybridized carbons (Fsp3) is 0.421. The highest BCUT2D eigenvalue weighted by atomic mass is 35.5. The maximum atomic E-state index is 13.3. The van der Waals surface area contributed by atoms with Gasteiger partial charge in [-0.3, -0.25) is 4.79 Å². The number of sulfone groups is 1. The molecular formula is C19H19ClN2O5S2. The van der Waals surface area contributed by atoms with Gasteiger partial charge in [-0.1, -0.05) is 23.7 Å². The molecule has 10 heteroatoms. The molecule has 2 fully saturated rings. The van der Waals surface area contributed by atoms with Crippen LogP contribution in [0.2, 0.25) is 5.02 Å². The lowest BCUT2D eigenvalue weighted by molar-refractivity contribution is -0.149. The van der Waals surface area contributed by atoms with Gasteiger partial charge in [-0.2, -0.15) is 0 Å². The number of carbonyl (C=O) groups is 2. The fourth-order valence-corrected chi connectivity index (χ4v) is 7.10. The van der Waals surface area contributed by atoms with Gasteiger partial charge in [0.05, 0.1) is 15.2 Å². The van der Waals surface area contributed by atoms with Gasteiger partial charge in [-0.25, -0.2) is 18.2 Å². The average molecular weight is 455 g/mol. The van der Waals surface area contributed by atoms with Gasteiger partial charge in [0, 0.05) is 17.6 Å². The number of benzene rings is 1. The van der Waals surface area contributed by atoms with Crippen molar-refractivity contribution in [3.8, 4) is 0 Å². The molecule has 2 aliphatic rings. The second kappa shape index (κ2) is 7.07. The first-order valence-electron chi connectivity index (χ1n) is 9.12. The van der Waals surface area contributed by atoms with Gasteiger partial charge in [0.15, 0.2) is 9.84 Å². The molecule has 2 heterocycles. The number of aliphatic carboxylic acids is 1. The number of carboxylic acid groups (broad SMARTS) is 1. The monoisotopic (exact) mass is 454 g/mol. The van der Waals surface area contributed by atoms with Crippen LogP contribution in [0.5, 0.6) is 0 Å². The van der Waals surface area contributed by atoms with Gasteiger partial charge in [-0.05, 0) is 38.3 Å². The van der Waals surface area contributed by atoms with Crippen LogP contribution < -0.4 is 0 Å². The van der Waals surface area contributed by atoms with E-state index in [4.69, 9.17) is 11.6 Å². The first kappa shape index (κ1) is 20.3. The molecule has 4 rings (SSSR count). The van der Waals surface area contributed by atoms with Crippen LogP contribution in [0.1, 0.15) is 30.0 Å². The number of thiazole rings is 1. The summed E-state index contributed by atoms with van der Waals surface area (Å²) in [6.45, 7) is 1.66. The number of aryl methyl sites for hydroxylation is 1. The van der Waals surface area contributed by atoms with E-state index >= 15 is 0 Å². The van der Waals surface area contributed by atoms with Gasteiger partial charge in [0.2, 0.25) is 5.91 Å². The molecule has 1 aliphatic carbocycles. The lowest BCUT2D eigenvalue weighted by Crippen LogP contribution is -2.46. The predicted molar refractivity (Wildman–Crippen MR) is 108 cm³/mol. The number of nitrogens with zero attached hydrogens (tertiary/aromatic N) is 2. The zero-order valence-corrected chi connectivity index (χ0v) is 17.9. The molecule has 1 saturated heterocycles. The van der Waals surface area contributed by atoms with E-state index in [-0.39, 0.29) is 28.8 Å². The minimum Gasteiger partial charge on any atom is -0.480 e. The SMILES string of the molecule is Cc1csc(C2(C(=O)N3CC(S(=O)(=O)c4ccccc4Cl)CC3C(=O)O)CC2)n1. The van der Waals surface area contributed by atoms with Crippen LogP contribution in [0.4, 0.5) is 0 Å². The Morgan fingerprint density at radius 2 is 2.00 bits per heavy atom. The van der Waals surface area contributed by atoms with Crippen LogP contribution in [0.25, 0.3) is 0 Å². The quantitative estimate of drug-likeness (QED) is 0.744. The summed E-state index contributed by atoms with van der Waals surface area (Å²) in [6, 6.07) is 4.88. The van der Waals surface area contributed by atoms with E-state index < -0.39 is 32.5 Å². The molecule has 7 nitrogen and oxygen atoms in total. The Morgan fingerprint density at radius 1 is 1.31 bits per heavy atom. The topological polar surface area (TPSA) is 105 Å². The Morgan fingerprint density at radius 3 is 2.55 bits per heavy atom. The van der Waals surface area contributed by atoms with E-state index in [0.717, 1.165) is 5.69 Å². The number of amides is 1. The predicted octanol–water partition coefficient (Wildman–Crippen LogP) is 2.66. The van der Waals surface area contributed by atoms with Crippen molar-refractivity contribution in [2.45, 2.75) is 47.8 Å². The highest BCUT2D eigenvalue weighted by Crippen LogP contribution is 2.51. The van der Waals surface area contributed by atoms with Gasteiger partial charge in [-0.15, -0.1) is 11.3 Å². The van der Waals surface area contributed by atoms with E-state index in [0.29, 0.717) is 17.8 Å². The lowest BCUT2D eigenvalue weighted by atomic mass is 10.1. The fourth-order valence-electron chi connectivity index (χ4n) is 3.83. The Balaban J connectivity index is 1.66. The molecule has 1 amide bonds. The highest BCUT2D eigenvalue weighted by molar-refractivity contribution is 7.92. The summed E-state index contributed by atoms with van der Waals surface area (Å²) >= 11 is 7.45. The summed E-state index contributed by atoms with van der Waals surface area (Å²) < 4.78 is 26.2. The van der Waals surface area contributed by atoms with Gasteiger partial charge in [0.1, 0.15) is 16.5 Å². The normalized spacial score (nSPS) is 23.2. The average Bonchev–Trinajstić information content (AvgIpc) is 3.14. The van der Waals surface area contributed by atoms with Crippen LogP contribution >= 0.6 is 22.9 Å². The molecule has 154 valence electrons. The number of aromatic nitrogens is 1. The largest absolute Gasteiger partial charge is 0.480 e. The Bertz CT molecular complexity index is 1090. The van der Waals surface area contributed by atoms with Crippen LogP contribution in [-0.2, 0) is 24.8 Å². The van der Waals surface area contributed by atoms with E-state index in [2.05, 4.69) is 4.98 Å². The molecule has 1 aromatic carbocycles. The number of likely N-dealkylation sites (tertiary alicyclic amines) is 1. The number of hydrogen-bond acceptors (Lipinski definition) is 6. The number of hydrogen-bond donors (Lipinski definition) is 1. The Kier molecular flexibility index (Phi) is 4.95. The lowest BCUT2D eigenvalue weighted by Gasteiger charge is -2.25. The van der Waals surface area contributed by atoms with Crippen LogP contribution in [0.15, 0.2) is 34.5 Å². The number of carbonyl (C=O) groups excluding carboxylic acids is 1. The van der Waals surface area contributed by atoms with Crippen molar-refractivity contribution in [3.05, 3.63) is 45.4 Å². The molecule has 1 aromatic heterocycles. The van der Waals surface area contributed by atoms with Crippen LogP contribution in [0.3, 0.4) is 0 Å². The first-order valence-corrected chi connectivity index (χ1v) is 11.9. The van der Waals surface area contributed by atoms with Crippen molar-refractivity contribution in [3.63, 3.8) is 0 Å². The maximum Gasteiger partial charge on any atom is 0.326 e. The third kappa shape index (κ3) is 3.35. The van der Waals surface area contributed by atoms with Gasteiger partial charge < -0.3 is 10.0 Å². The number of rotatable bonds is 5. The molecule has 2 atom stereocenters. The molecule has 0 spiro atoms. The van der Waals surface area contributed by atoms with E-state index in [9.17, 15) is 23.1 Å². The van der Waals surface area contributed by atoms with Crippen molar-refractivity contribution < 1.29 is 23.1 Å². The van der Waals surface area contributed by atoms with Gasteiger partial charge in [0.25, 0.3) is 0 Å². The van der Waals surface area contributed by atoms with Crippen LogP contribution in [-0.4, -0.2) is 53.1 Å². The van der Waals surface area contributed by atoms with Crippen molar-refractivity contribution in [1.82, 2.24) is 9.88 Å². The zero-order valence-electron chi connectivity index (χ0n) is 15.5. The second-order valence-corrected chi connectivity index (χ2v) is 11.0. The van der Waals surface area contributed by atoms with E-state index in [1.807, 2.05) is 12.3 Å². The molecule has 2 aromatic rings. The standard InChI is InChI=1S/C19H19ClN2O5S2/c1-11-10-28-17(21-11)19(6-7-19)18(25)22-9-12(8-14(22)16(23)24)29(26,27)15-5-3-2-4-13(15)20/h2-5,10,12,14H,6-9H2,1H3,(H,23,24). The molecule has 1 saturated carbocycles. The van der Waals surface area contributed by atoms with Crippen molar-refractivity contribution >= 4 is 44.7 Å². The van der Waals surface area contributed by atoms with Crippen LogP contribution in [0, 0.1) is 6.92 Å². The molecule has 0 bridgehead atoms. The minimum atomic E-state index is -3.89. The maximum absolute atomic E-state index is 13.3. The van der Waals surface area contributed by atoms with Gasteiger partial charge >= 0.3 is 5.97 Å². The summed E-state index contributed by atoms with van der Waals surface area (Å²) in [6.07, 6.45) is 1.01. The molecule has 1 N–H and O–H groups in total. The zero-order chi connectivity index (χ0) is 21.0.